The highest BCUT2D eigenvalue weighted by atomic mass is 32.1. The maximum atomic E-state index is 12.1. The highest BCUT2D eigenvalue weighted by molar-refractivity contribution is 7.15. The topological polar surface area (TPSA) is 57.8 Å². The van der Waals surface area contributed by atoms with E-state index in [9.17, 15) is 4.79 Å². The highest BCUT2D eigenvalue weighted by Crippen LogP contribution is 2.25. The monoisotopic (exact) mass is 299 g/mol. The van der Waals surface area contributed by atoms with Crippen molar-refractivity contribution in [3.05, 3.63) is 47.1 Å². The molecule has 0 radical (unpaired) electrons. The number of nitrogens with one attached hydrogen (secondary N) is 2. The van der Waals surface area contributed by atoms with Crippen molar-refractivity contribution in [2.24, 2.45) is 0 Å². The molecule has 0 saturated carbocycles. The minimum Gasteiger partial charge on any atom is -0.361 e. The van der Waals surface area contributed by atoms with Crippen molar-refractivity contribution in [1.29, 1.82) is 0 Å². The zero-order valence-electron chi connectivity index (χ0n) is 12.0. The van der Waals surface area contributed by atoms with E-state index >= 15 is 0 Å². The predicted octanol–water partition coefficient (Wildman–Crippen LogP) is 3.93. The Morgan fingerprint density at radius 1 is 1.38 bits per heavy atom. The van der Waals surface area contributed by atoms with Gasteiger partial charge in [0.05, 0.1) is 6.42 Å². The minimum absolute atomic E-state index is 0.0376. The number of carbonyl (C=O) groups is 1. The smallest absolute Gasteiger partial charge is 0.230 e. The highest BCUT2D eigenvalue weighted by Gasteiger charge is 2.11. The van der Waals surface area contributed by atoms with Crippen LogP contribution in [0.3, 0.4) is 0 Å². The Kier molecular flexibility index (Phi) is 3.75. The van der Waals surface area contributed by atoms with Crippen molar-refractivity contribution < 1.29 is 4.79 Å². The third kappa shape index (κ3) is 2.97. The van der Waals surface area contributed by atoms with Gasteiger partial charge in [0, 0.05) is 28.2 Å². The summed E-state index contributed by atoms with van der Waals surface area (Å²) >= 11 is 1.53. The first-order valence-corrected chi connectivity index (χ1v) is 7.75. The van der Waals surface area contributed by atoms with Gasteiger partial charge in [-0.1, -0.05) is 32.0 Å². The standard InChI is InChI=1S/C16H17N3OS/c1-10(2)14-9-18-16(21-14)19-15(20)7-11-8-17-13-6-4-3-5-12(11)13/h3-6,8-10,17H,7H2,1-2H3,(H,18,19,20). The quantitative estimate of drug-likeness (QED) is 0.767. The van der Waals surface area contributed by atoms with Crippen LogP contribution in [0.5, 0.6) is 0 Å². The van der Waals surface area contributed by atoms with Crippen molar-refractivity contribution in [1.82, 2.24) is 9.97 Å². The first-order chi connectivity index (χ1) is 10.1. The summed E-state index contributed by atoms with van der Waals surface area (Å²) in [5.41, 5.74) is 2.06. The lowest BCUT2D eigenvalue weighted by molar-refractivity contribution is -0.115. The molecule has 3 aromatic rings. The molecule has 0 aliphatic heterocycles. The maximum Gasteiger partial charge on any atom is 0.230 e. The van der Waals surface area contributed by atoms with Gasteiger partial charge in [-0.15, -0.1) is 11.3 Å². The Hall–Kier alpha value is -2.14. The number of aromatic nitrogens is 2. The lowest BCUT2D eigenvalue weighted by Crippen LogP contribution is -2.13. The summed E-state index contributed by atoms with van der Waals surface area (Å²) < 4.78 is 0. The summed E-state index contributed by atoms with van der Waals surface area (Å²) in [6.07, 6.45) is 4.07. The molecule has 1 amide bonds. The third-order valence-corrected chi connectivity index (χ3v) is 4.58. The largest absolute Gasteiger partial charge is 0.361 e. The number of nitrogens with zero attached hydrogens (tertiary/aromatic N) is 1. The molecule has 2 aromatic heterocycles. The van der Waals surface area contributed by atoms with Gasteiger partial charge < -0.3 is 10.3 Å². The molecule has 0 aliphatic carbocycles. The second-order valence-corrected chi connectivity index (χ2v) is 6.37. The lowest BCUT2D eigenvalue weighted by Gasteiger charge is -2.01. The number of hydrogen-bond donors (Lipinski definition) is 2. The van der Waals surface area contributed by atoms with Crippen LogP contribution in [0.1, 0.15) is 30.2 Å². The zero-order chi connectivity index (χ0) is 14.8. The molecule has 3 rings (SSSR count). The summed E-state index contributed by atoms with van der Waals surface area (Å²) in [7, 11) is 0. The average molecular weight is 299 g/mol. The molecule has 2 N–H and O–H groups in total. The van der Waals surface area contributed by atoms with Crippen LogP contribution in [-0.4, -0.2) is 15.9 Å². The Morgan fingerprint density at radius 2 is 2.19 bits per heavy atom. The van der Waals surface area contributed by atoms with Gasteiger partial charge in [0.1, 0.15) is 0 Å². The zero-order valence-corrected chi connectivity index (χ0v) is 12.8. The van der Waals surface area contributed by atoms with Gasteiger partial charge in [0.15, 0.2) is 5.13 Å². The van der Waals surface area contributed by atoms with Crippen LogP contribution in [0.15, 0.2) is 36.7 Å². The van der Waals surface area contributed by atoms with Gasteiger partial charge in [0.25, 0.3) is 0 Å². The van der Waals surface area contributed by atoms with Crippen LogP contribution in [0.4, 0.5) is 5.13 Å². The first kappa shape index (κ1) is 13.8. The number of anilines is 1. The molecule has 4 nitrogen and oxygen atoms in total. The van der Waals surface area contributed by atoms with Gasteiger partial charge in [0.2, 0.25) is 5.91 Å². The molecule has 21 heavy (non-hydrogen) atoms. The molecule has 5 heteroatoms. The van der Waals surface area contributed by atoms with Crippen molar-refractivity contribution in [2.75, 3.05) is 5.32 Å². The van der Waals surface area contributed by atoms with Crippen molar-refractivity contribution in [2.45, 2.75) is 26.2 Å². The Balaban J connectivity index is 1.71. The molecule has 0 aliphatic rings. The molecular formula is C16H17N3OS. The van der Waals surface area contributed by atoms with Crippen LogP contribution in [-0.2, 0) is 11.2 Å². The summed E-state index contributed by atoms with van der Waals surface area (Å²) in [5, 5.41) is 4.64. The molecule has 0 saturated heterocycles. The third-order valence-electron chi connectivity index (χ3n) is 3.36. The van der Waals surface area contributed by atoms with Crippen LogP contribution in [0.25, 0.3) is 10.9 Å². The Morgan fingerprint density at radius 3 is 2.95 bits per heavy atom. The van der Waals surface area contributed by atoms with E-state index in [4.69, 9.17) is 0 Å². The molecule has 108 valence electrons. The van der Waals surface area contributed by atoms with Gasteiger partial charge in [-0.2, -0.15) is 0 Å². The van der Waals surface area contributed by atoms with E-state index < -0.39 is 0 Å². The SMILES string of the molecule is CC(C)c1cnc(NC(=O)Cc2c[nH]c3ccccc23)s1. The van der Waals surface area contributed by atoms with E-state index in [1.165, 1.54) is 16.2 Å². The summed E-state index contributed by atoms with van der Waals surface area (Å²) in [5.74, 6) is 0.395. The summed E-state index contributed by atoms with van der Waals surface area (Å²) in [6, 6.07) is 7.99. The van der Waals surface area contributed by atoms with E-state index in [2.05, 4.69) is 29.1 Å². The number of amides is 1. The minimum atomic E-state index is -0.0376. The molecular weight excluding hydrogens is 282 g/mol. The summed E-state index contributed by atoms with van der Waals surface area (Å²) in [6.45, 7) is 4.23. The van der Waals surface area contributed by atoms with E-state index in [-0.39, 0.29) is 5.91 Å². The van der Waals surface area contributed by atoms with Crippen molar-refractivity contribution in [3.63, 3.8) is 0 Å². The van der Waals surface area contributed by atoms with E-state index in [1.54, 1.807) is 0 Å². The van der Waals surface area contributed by atoms with E-state index in [0.29, 0.717) is 17.5 Å². The van der Waals surface area contributed by atoms with Crippen LogP contribution in [0, 0.1) is 0 Å². The summed E-state index contributed by atoms with van der Waals surface area (Å²) in [4.78, 5) is 20.8. The van der Waals surface area contributed by atoms with E-state index in [0.717, 1.165) is 16.5 Å². The number of para-hydroxylation sites is 1. The van der Waals surface area contributed by atoms with Gasteiger partial charge in [-0.3, -0.25) is 4.79 Å². The second kappa shape index (κ2) is 5.69. The lowest BCUT2D eigenvalue weighted by atomic mass is 10.1. The molecule has 0 atom stereocenters. The molecule has 0 bridgehead atoms. The second-order valence-electron chi connectivity index (χ2n) is 5.31. The Labute approximate surface area is 127 Å². The van der Waals surface area contributed by atoms with Gasteiger partial charge >= 0.3 is 0 Å². The van der Waals surface area contributed by atoms with Crippen molar-refractivity contribution in [3.8, 4) is 0 Å². The number of rotatable bonds is 4. The van der Waals surface area contributed by atoms with E-state index in [1.807, 2.05) is 36.7 Å². The van der Waals surface area contributed by atoms with Crippen LogP contribution < -0.4 is 5.32 Å². The van der Waals surface area contributed by atoms with Gasteiger partial charge in [-0.05, 0) is 17.5 Å². The Bertz CT molecular complexity index is 773. The van der Waals surface area contributed by atoms with Crippen molar-refractivity contribution >= 4 is 33.3 Å². The molecule has 0 unspecified atom stereocenters. The van der Waals surface area contributed by atoms with Gasteiger partial charge in [-0.25, -0.2) is 4.98 Å². The molecule has 0 fully saturated rings. The number of carbonyl (C=O) groups excluding carboxylic acids is 1. The number of aromatic amines is 1. The average Bonchev–Trinajstić information content (AvgIpc) is 3.07. The van der Waals surface area contributed by atoms with Crippen LogP contribution in [0.2, 0.25) is 0 Å². The number of hydrogen-bond acceptors (Lipinski definition) is 3. The first-order valence-electron chi connectivity index (χ1n) is 6.94. The fourth-order valence-electron chi connectivity index (χ4n) is 2.23. The molecule has 2 heterocycles. The number of benzene rings is 1. The molecule has 1 aromatic carbocycles. The fourth-order valence-corrected chi connectivity index (χ4v) is 3.06. The maximum absolute atomic E-state index is 12.1. The predicted molar refractivity (Wildman–Crippen MR) is 86.8 cm³/mol. The normalized spacial score (nSPS) is 11.2. The number of thiazole rings is 1. The fraction of sp³-hybridized carbons (Fsp3) is 0.250. The molecule has 0 spiro atoms. The number of H-pyrrole nitrogens is 1. The number of fused-ring (bicyclic) bond motifs is 1. The van der Waals surface area contributed by atoms with Crippen LogP contribution >= 0.6 is 11.3 Å².